The van der Waals surface area contributed by atoms with Gasteiger partial charge in [-0.25, -0.2) is 0 Å². The quantitative estimate of drug-likeness (QED) is 0.363. The fourth-order valence-corrected chi connectivity index (χ4v) is 5.69. The summed E-state index contributed by atoms with van der Waals surface area (Å²) in [6.45, 7) is 5.39. The van der Waals surface area contributed by atoms with Gasteiger partial charge in [0.15, 0.2) is 5.96 Å². The highest BCUT2D eigenvalue weighted by Crippen LogP contribution is 2.42. The van der Waals surface area contributed by atoms with E-state index in [0.29, 0.717) is 23.4 Å². The van der Waals surface area contributed by atoms with Gasteiger partial charge in [0.25, 0.3) is 5.91 Å². The molecule has 2 N–H and O–H groups in total. The van der Waals surface area contributed by atoms with Crippen LogP contribution in [0.5, 0.6) is 0 Å². The molecule has 2 fully saturated rings. The number of halogens is 1. The molecule has 0 radical (unpaired) electrons. The van der Waals surface area contributed by atoms with Gasteiger partial charge < -0.3 is 15.5 Å². The third kappa shape index (κ3) is 6.02. The molecule has 1 aliphatic heterocycles. The number of nitrogens with one attached hydrogen (secondary N) is 2. The fourth-order valence-electron chi connectivity index (χ4n) is 4.12. The summed E-state index contributed by atoms with van der Waals surface area (Å²) >= 11 is 2.17. The fraction of sp³-hybridized carbons (Fsp3) is 0.619. The van der Waals surface area contributed by atoms with Crippen LogP contribution >= 0.6 is 35.7 Å². The van der Waals surface area contributed by atoms with Gasteiger partial charge in [-0.15, -0.1) is 24.0 Å². The molecule has 1 saturated carbocycles. The number of guanidine groups is 1. The zero-order chi connectivity index (χ0) is 19.1. The Labute approximate surface area is 190 Å². The summed E-state index contributed by atoms with van der Waals surface area (Å²) in [4.78, 5) is 19.0. The number of hydrogen-bond acceptors (Lipinski definition) is 3. The monoisotopic (exact) mass is 516 g/mol. The normalized spacial score (nSPS) is 19.1. The van der Waals surface area contributed by atoms with Gasteiger partial charge in [0.1, 0.15) is 0 Å². The minimum atomic E-state index is -0.0176. The van der Waals surface area contributed by atoms with Crippen LogP contribution in [-0.4, -0.2) is 53.9 Å². The van der Waals surface area contributed by atoms with E-state index in [1.165, 1.54) is 37.9 Å². The van der Waals surface area contributed by atoms with Crippen LogP contribution in [0.15, 0.2) is 29.3 Å². The average Bonchev–Trinajstić information content (AvgIpc) is 2.70. The number of carbonyl (C=O) groups excluding carboxylic acids is 1. The maximum Gasteiger partial charge on any atom is 0.251 e. The van der Waals surface area contributed by atoms with Crippen LogP contribution in [0.25, 0.3) is 0 Å². The number of hydrogen-bond donors (Lipinski definition) is 2. The van der Waals surface area contributed by atoms with Crippen molar-refractivity contribution in [2.75, 3.05) is 32.4 Å². The van der Waals surface area contributed by atoms with Gasteiger partial charge in [-0.3, -0.25) is 9.79 Å². The number of nitrogens with zero attached hydrogens (tertiary/aromatic N) is 2. The van der Waals surface area contributed by atoms with Crippen LogP contribution in [0.2, 0.25) is 0 Å². The Hall–Kier alpha value is -0.960. The Morgan fingerprint density at radius 3 is 2.75 bits per heavy atom. The highest BCUT2D eigenvalue weighted by molar-refractivity contribution is 14.0. The molecule has 1 heterocycles. The van der Waals surface area contributed by atoms with Crippen molar-refractivity contribution in [2.24, 2.45) is 4.99 Å². The van der Waals surface area contributed by atoms with Gasteiger partial charge in [-0.1, -0.05) is 31.4 Å². The van der Waals surface area contributed by atoms with Crippen molar-refractivity contribution in [3.63, 3.8) is 0 Å². The van der Waals surface area contributed by atoms with Crippen LogP contribution in [0.1, 0.15) is 54.9 Å². The van der Waals surface area contributed by atoms with Crippen molar-refractivity contribution >= 4 is 47.6 Å². The summed E-state index contributed by atoms with van der Waals surface area (Å²) in [5, 5.41) is 6.37. The van der Waals surface area contributed by atoms with Gasteiger partial charge in [-0.2, -0.15) is 11.8 Å². The molecule has 0 aromatic heterocycles. The Bertz CT molecular complexity index is 671. The molecule has 1 saturated heterocycles. The molecule has 3 rings (SSSR count). The SMILES string of the molecule is CCNC(=O)c1cccc(CNC(=NC)N2CCSC3(CCCCC3)C2)c1.I. The van der Waals surface area contributed by atoms with Gasteiger partial charge in [0.05, 0.1) is 0 Å². The Morgan fingerprint density at radius 2 is 2.04 bits per heavy atom. The van der Waals surface area contributed by atoms with E-state index in [-0.39, 0.29) is 29.9 Å². The zero-order valence-corrected chi connectivity index (χ0v) is 20.1. The van der Waals surface area contributed by atoms with Crippen molar-refractivity contribution in [3.8, 4) is 0 Å². The van der Waals surface area contributed by atoms with Crippen molar-refractivity contribution in [3.05, 3.63) is 35.4 Å². The lowest BCUT2D eigenvalue weighted by Crippen LogP contribution is -2.53. The molecule has 1 spiro atoms. The average molecular weight is 516 g/mol. The first-order valence-corrected chi connectivity index (χ1v) is 11.1. The second kappa shape index (κ2) is 11.3. The molecule has 5 nitrogen and oxygen atoms in total. The van der Waals surface area contributed by atoms with E-state index in [4.69, 9.17) is 0 Å². The lowest BCUT2D eigenvalue weighted by molar-refractivity contribution is 0.0955. The van der Waals surface area contributed by atoms with E-state index in [9.17, 15) is 4.79 Å². The van der Waals surface area contributed by atoms with Crippen molar-refractivity contribution < 1.29 is 4.79 Å². The third-order valence-electron chi connectivity index (χ3n) is 5.50. The highest BCUT2D eigenvalue weighted by Gasteiger charge is 2.38. The van der Waals surface area contributed by atoms with Crippen molar-refractivity contribution in [2.45, 2.75) is 50.3 Å². The maximum atomic E-state index is 12.0. The largest absolute Gasteiger partial charge is 0.352 e. The second-order valence-electron chi connectivity index (χ2n) is 7.47. The Kier molecular flexibility index (Phi) is 9.40. The topological polar surface area (TPSA) is 56.7 Å². The van der Waals surface area contributed by atoms with Crippen molar-refractivity contribution in [1.82, 2.24) is 15.5 Å². The molecular formula is C21H33IN4OS. The first-order chi connectivity index (χ1) is 13.2. The van der Waals surface area contributed by atoms with Gasteiger partial charge in [-0.05, 0) is 37.5 Å². The number of thioether (sulfide) groups is 1. The first kappa shape index (κ1) is 23.3. The number of benzene rings is 1. The summed E-state index contributed by atoms with van der Waals surface area (Å²) in [5.74, 6) is 2.13. The predicted octanol–water partition coefficient (Wildman–Crippen LogP) is 3.88. The van der Waals surface area contributed by atoms with Crippen LogP contribution in [0, 0.1) is 0 Å². The molecule has 1 aliphatic carbocycles. The standard InChI is InChI=1S/C21H32N4OS.HI/c1-3-23-19(26)18-9-7-8-17(14-18)15-24-20(22-2)25-12-13-27-21(16-25)10-5-4-6-11-21;/h7-9,14H,3-6,10-13,15-16H2,1-2H3,(H,22,24)(H,23,26);1H. The van der Waals surface area contributed by atoms with E-state index in [1.54, 1.807) is 0 Å². The Morgan fingerprint density at radius 1 is 1.25 bits per heavy atom. The minimum absolute atomic E-state index is 0. The first-order valence-electron chi connectivity index (χ1n) is 10.1. The molecule has 1 amide bonds. The molecule has 1 aromatic carbocycles. The summed E-state index contributed by atoms with van der Waals surface area (Å²) < 4.78 is 0.423. The lowest BCUT2D eigenvalue weighted by Gasteiger charge is -2.45. The van der Waals surface area contributed by atoms with E-state index in [2.05, 4.69) is 38.4 Å². The minimum Gasteiger partial charge on any atom is -0.352 e. The maximum absolute atomic E-state index is 12.0. The van der Waals surface area contributed by atoms with Crippen LogP contribution in [-0.2, 0) is 6.54 Å². The zero-order valence-electron chi connectivity index (χ0n) is 17.0. The van der Waals surface area contributed by atoms with Crippen LogP contribution in [0.3, 0.4) is 0 Å². The molecule has 156 valence electrons. The van der Waals surface area contributed by atoms with Gasteiger partial charge in [0, 0.05) is 49.3 Å². The lowest BCUT2D eigenvalue weighted by atomic mass is 9.87. The number of carbonyl (C=O) groups is 1. The van der Waals surface area contributed by atoms with Crippen molar-refractivity contribution in [1.29, 1.82) is 0 Å². The van der Waals surface area contributed by atoms with E-state index in [0.717, 1.165) is 24.6 Å². The summed E-state index contributed by atoms with van der Waals surface area (Å²) in [6.07, 6.45) is 6.77. The number of amides is 1. The second-order valence-corrected chi connectivity index (χ2v) is 9.04. The molecule has 1 aromatic rings. The van der Waals surface area contributed by atoms with Crippen LogP contribution < -0.4 is 10.6 Å². The summed E-state index contributed by atoms with van der Waals surface area (Å²) in [6, 6.07) is 7.81. The summed E-state index contributed by atoms with van der Waals surface area (Å²) in [7, 11) is 1.86. The summed E-state index contributed by atoms with van der Waals surface area (Å²) in [5.41, 5.74) is 1.81. The number of rotatable bonds is 4. The van der Waals surface area contributed by atoms with E-state index in [1.807, 2.05) is 32.2 Å². The van der Waals surface area contributed by atoms with E-state index < -0.39 is 0 Å². The van der Waals surface area contributed by atoms with Gasteiger partial charge in [0.2, 0.25) is 0 Å². The van der Waals surface area contributed by atoms with E-state index >= 15 is 0 Å². The molecule has 7 heteroatoms. The number of aliphatic imine (C=N–C) groups is 1. The predicted molar refractivity (Wildman–Crippen MR) is 130 cm³/mol. The highest BCUT2D eigenvalue weighted by atomic mass is 127. The Balaban J connectivity index is 0.00000280. The molecular weight excluding hydrogens is 483 g/mol. The molecule has 0 bridgehead atoms. The van der Waals surface area contributed by atoms with Crippen LogP contribution in [0.4, 0.5) is 0 Å². The van der Waals surface area contributed by atoms with Gasteiger partial charge >= 0.3 is 0 Å². The molecule has 28 heavy (non-hydrogen) atoms. The molecule has 2 aliphatic rings. The third-order valence-corrected chi connectivity index (χ3v) is 7.04. The molecule has 0 unspecified atom stereocenters. The smallest absolute Gasteiger partial charge is 0.251 e. The molecule has 0 atom stereocenters.